The third-order valence-electron chi connectivity index (χ3n) is 2.96. The molecule has 1 aromatic carbocycles. The minimum atomic E-state index is -0.963. The Bertz CT molecular complexity index is 418. The molecule has 0 fully saturated rings. The second-order valence-electron chi connectivity index (χ2n) is 4.72. The third-order valence-corrected chi connectivity index (χ3v) is 3.46. The van der Waals surface area contributed by atoms with Gasteiger partial charge in [0.2, 0.25) is 0 Å². The maximum atomic E-state index is 11.2. The number of aromatic carboxylic acids is 1. The summed E-state index contributed by atoms with van der Waals surface area (Å²) in [6.07, 6.45) is 5.77. The quantitative estimate of drug-likeness (QED) is 0.691. The zero-order chi connectivity index (χ0) is 14.3. The number of rotatable bonds is 8. The predicted octanol–water partition coefficient (Wildman–Crippen LogP) is 4.89. The van der Waals surface area contributed by atoms with Gasteiger partial charge in [0.25, 0.3) is 0 Å². The van der Waals surface area contributed by atoms with Gasteiger partial charge in [-0.3, -0.25) is 0 Å². The van der Waals surface area contributed by atoms with Crippen molar-refractivity contribution < 1.29 is 14.6 Å². The van der Waals surface area contributed by atoms with Gasteiger partial charge in [-0.1, -0.05) is 42.1 Å². The van der Waals surface area contributed by atoms with Crippen LogP contribution in [-0.2, 0) is 0 Å². The summed E-state index contributed by atoms with van der Waals surface area (Å²) < 4.78 is 6.48. The van der Waals surface area contributed by atoms with Gasteiger partial charge in [-0.25, -0.2) is 4.79 Å². The number of halogens is 1. The molecule has 0 amide bonds. The van der Waals surface area contributed by atoms with Crippen molar-refractivity contribution in [2.45, 2.75) is 52.1 Å². The number of ether oxygens (including phenoxy) is 1. The topological polar surface area (TPSA) is 46.5 Å². The maximum Gasteiger partial charge on any atom is 0.339 e. The molecule has 19 heavy (non-hydrogen) atoms. The fourth-order valence-corrected chi connectivity index (χ4v) is 2.27. The molecule has 3 nitrogen and oxygen atoms in total. The van der Waals surface area contributed by atoms with E-state index in [1.165, 1.54) is 19.3 Å². The number of carboxylic acids is 1. The van der Waals surface area contributed by atoms with E-state index < -0.39 is 5.97 Å². The standard InChI is InChI=1S/C15H21BrO3/c1-3-4-5-6-7-11(2)19-14-9-8-12(16)10-13(14)15(17)18/h8-11H,3-7H2,1-2H3,(H,17,18). The number of carbonyl (C=O) groups is 1. The lowest BCUT2D eigenvalue weighted by Crippen LogP contribution is -2.14. The van der Waals surface area contributed by atoms with Crippen molar-refractivity contribution in [1.82, 2.24) is 0 Å². The van der Waals surface area contributed by atoms with Gasteiger partial charge in [-0.2, -0.15) is 0 Å². The van der Waals surface area contributed by atoms with E-state index in [0.717, 1.165) is 17.3 Å². The van der Waals surface area contributed by atoms with Crippen LogP contribution in [0, 0.1) is 0 Å². The maximum absolute atomic E-state index is 11.2. The highest BCUT2D eigenvalue weighted by Gasteiger charge is 2.14. The number of hydrogen-bond acceptors (Lipinski definition) is 2. The number of carboxylic acid groups (broad SMARTS) is 1. The van der Waals surface area contributed by atoms with E-state index in [0.29, 0.717) is 5.75 Å². The van der Waals surface area contributed by atoms with Gasteiger partial charge in [0.1, 0.15) is 11.3 Å². The van der Waals surface area contributed by atoms with Crippen LogP contribution >= 0.6 is 15.9 Å². The van der Waals surface area contributed by atoms with Crippen LogP contribution in [0.25, 0.3) is 0 Å². The van der Waals surface area contributed by atoms with E-state index in [-0.39, 0.29) is 11.7 Å². The average Bonchev–Trinajstić information content (AvgIpc) is 2.36. The Hall–Kier alpha value is -1.03. The van der Waals surface area contributed by atoms with Gasteiger partial charge in [0.05, 0.1) is 6.10 Å². The van der Waals surface area contributed by atoms with Crippen molar-refractivity contribution in [2.24, 2.45) is 0 Å². The molecular formula is C15H21BrO3. The van der Waals surface area contributed by atoms with Crippen molar-refractivity contribution in [3.8, 4) is 5.75 Å². The summed E-state index contributed by atoms with van der Waals surface area (Å²) in [6, 6.07) is 5.07. The first-order valence-corrected chi connectivity index (χ1v) is 7.53. The fourth-order valence-electron chi connectivity index (χ4n) is 1.91. The van der Waals surface area contributed by atoms with E-state index in [1.807, 2.05) is 6.92 Å². The molecule has 1 atom stereocenters. The predicted molar refractivity (Wildman–Crippen MR) is 80.0 cm³/mol. The Morgan fingerprint density at radius 3 is 2.74 bits per heavy atom. The summed E-state index contributed by atoms with van der Waals surface area (Å²) in [6.45, 7) is 4.17. The highest BCUT2D eigenvalue weighted by molar-refractivity contribution is 9.10. The molecule has 106 valence electrons. The Morgan fingerprint density at radius 1 is 1.37 bits per heavy atom. The lowest BCUT2D eigenvalue weighted by Gasteiger charge is -2.16. The third kappa shape index (κ3) is 5.64. The lowest BCUT2D eigenvalue weighted by molar-refractivity contribution is 0.0689. The van der Waals surface area contributed by atoms with Gasteiger partial charge < -0.3 is 9.84 Å². The van der Waals surface area contributed by atoms with Crippen molar-refractivity contribution in [2.75, 3.05) is 0 Å². The Kier molecular flexibility index (Phi) is 6.92. The summed E-state index contributed by atoms with van der Waals surface area (Å²) in [5, 5.41) is 9.15. The van der Waals surface area contributed by atoms with Crippen LogP contribution in [-0.4, -0.2) is 17.2 Å². The van der Waals surface area contributed by atoms with E-state index in [1.54, 1.807) is 18.2 Å². The summed E-state index contributed by atoms with van der Waals surface area (Å²) >= 11 is 3.27. The minimum Gasteiger partial charge on any atom is -0.490 e. The molecule has 0 spiro atoms. The molecule has 0 saturated carbocycles. The van der Waals surface area contributed by atoms with Crippen LogP contribution in [0.3, 0.4) is 0 Å². The molecule has 0 aliphatic carbocycles. The summed E-state index contributed by atoms with van der Waals surface area (Å²) in [7, 11) is 0. The Balaban J connectivity index is 2.58. The molecule has 0 bridgehead atoms. The average molecular weight is 329 g/mol. The molecule has 0 radical (unpaired) electrons. The molecule has 0 aromatic heterocycles. The minimum absolute atomic E-state index is 0.0381. The van der Waals surface area contributed by atoms with E-state index in [2.05, 4.69) is 22.9 Å². The molecule has 0 saturated heterocycles. The molecule has 0 aliphatic rings. The van der Waals surface area contributed by atoms with Gasteiger partial charge in [-0.15, -0.1) is 0 Å². The first-order chi connectivity index (χ1) is 9.04. The molecule has 1 unspecified atom stereocenters. The first-order valence-electron chi connectivity index (χ1n) is 6.74. The van der Waals surface area contributed by atoms with Crippen LogP contribution in [0.15, 0.2) is 22.7 Å². The summed E-state index contributed by atoms with van der Waals surface area (Å²) in [5.74, 6) is -0.520. The number of benzene rings is 1. The SMILES string of the molecule is CCCCCCC(C)Oc1ccc(Br)cc1C(=O)O. The highest BCUT2D eigenvalue weighted by Crippen LogP contribution is 2.25. The van der Waals surface area contributed by atoms with Gasteiger partial charge in [-0.05, 0) is 38.0 Å². The monoisotopic (exact) mass is 328 g/mol. The molecule has 1 N–H and O–H groups in total. The molecule has 0 heterocycles. The molecule has 1 rings (SSSR count). The van der Waals surface area contributed by atoms with Gasteiger partial charge in [0.15, 0.2) is 0 Å². The van der Waals surface area contributed by atoms with E-state index in [9.17, 15) is 4.79 Å². The van der Waals surface area contributed by atoms with Gasteiger partial charge in [0, 0.05) is 4.47 Å². The summed E-state index contributed by atoms with van der Waals surface area (Å²) in [4.78, 5) is 11.2. The molecule has 0 aliphatic heterocycles. The van der Waals surface area contributed by atoms with Crippen molar-refractivity contribution >= 4 is 21.9 Å². The molecular weight excluding hydrogens is 308 g/mol. The van der Waals surface area contributed by atoms with Crippen molar-refractivity contribution in [3.63, 3.8) is 0 Å². The second kappa shape index (κ2) is 8.20. The first kappa shape index (κ1) is 16.0. The van der Waals surface area contributed by atoms with Crippen LogP contribution in [0.1, 0.15) is 56.3 Å². The number of unbranched alkanes of at least 4 members (excludes halogenated alkanes) is 3. The fraction of sp³-hybridized carbons (Fsp3) is 0.533. The number of hydrogen-bond donors (Lipinski definition) is 1. The molecule has 1 aromatic rings. The summed E-state index contributed by atoms with van der Waals surface area (Å²) in [5.41, 5.74) is 0.204. The van der Waals surface area contributed by atoms with E-state index >= 15 is 0 Å². The van der Waals surface area contributed by atoms with Crippen molar-refractivity contribution in [3.05, 3.63) is 28.2 Å². The van der Waals surface area contributed by atoms with Crippen LogP contribution in [0.4, 0.5) is 0 Å². The Labute approximate surface area is 123 Å². The van der Waals surface area contributed by atoms with Crippen molar-refractivity contribution in [1.29, 1.82) is 0 Å². The van der Waals surface area contributed by atoms with Crippen LogP contribution in [0.2, 0.25) is 0 Å². The zero-order valence-electron chi connectivity index (χ0n) is 11.5. The smallest absolute Gasteiger partial charge is 0.339 e. The molecule has 4 heteroatoms. The van der Waals surface area contributed by atoms with E-state index in [4.69, 9.17) is 9.84 Å². The normalized spacial score (nSPS) is 12.2. The van der Waals surface area contributed by atoms with Gasteiger partial charge >= 0.3 is 5.97 Å². The van der Waals surface area contributed by atoms with Crippen LogP contribution < -0.4 is 4.74 Å². The Morgan fingerprint density at radius 2 is 2.11 bits per heavy atom. The van der Waals surface area contributed by atoms with Crippen LogP contribution in [0.5, 0.6) is 5.75 Å². The zero-order valence-corrected chi connectivity index (χ0v) is 13.1. The largest absolute Gasteiger partial charge is 0.490 e. The lowest BCUT2D eigenvalue weighted by atomic mass is 10.1. The highest BCUT2D eigenvalue weighted by atomic mass is 79.9. The second-order valence-corrected chi connectivity index (χ2v) is 5.64.